The fraction of sp³-hybridized carbons (Fsp3) is 0.500. The molecule has 1 aromatic carbocycles. The average molecular weight is 250 g/mol. The van der Waals surface area contributed by atoms with Crippen LogP contribution in [0.3, 0.4) is 0 Å². The zero-order valence-electron chi connectivity index (χ0n) is 10.1. The van der Waals surface area contributed by atoms with Gasteiger partial charge in [0.1, 0.15) is 6.61 Å². The molecule has 1 saturated heterocycles. The second kappa shape index (κ2) is 4.64. The fourth-order valence-corrected chi connectivity index (χ4v) is 2.34. The number of benzene rings is 1. The molecule has 98 valence electrons. The van der Waals surface area contributed by atoms with Gasteiger partial charge >= 0.3 is 0 Å². The topological polar surface area (TPSA) is 85.8 Å². The first kappa shape index (κ1) is 11.6. The second-order valence-electron chi connectivity index (χ2n) is 4.58. The molecule has 6 heteroatoms. The molecule has 2 atom stereocenters. The summed E-state index contributed by atoms with van der Waals surface area (Å²) in [4.78, 5) is 2.20. The number of para-hydroxylation sites is 1. The predicted molar refractivity (Wildman–Crippen MR) is 68.7 cm³/mol. The van der Waals surface area contributed by atoms with E-state index in [9.17, 15) is 0 Å². The molecule has 6 nitrogen and oxygen atoms in total. The number of rotatable bonds is 1. The summed E-state index contributed by atoms with van der Waals surface area (Å²) >= 11 is 0. The predicted octanol–water partition coefficient (Wildman–Crippen LogP) is -0.563. The van der Waals surface area contributed by atoms with E-state index in [2.05, 4.69) is 10.2 Å². The third-order valence-electron chi connectivity index (χ3n) is 3.18. The van der Waals surface area contributed by atoms with Crippen molar-refractivity contribution < 1.29 is 9.47 Å². The largest absolute Gasteiger partial charge is 0.484 e. The Morgan fingerprint density at radius 3 is 3.06 bits per heavy atom. The van der Waals surface area contributed by atoms with Crippen LogP contribution in [0.5, 0.6) is 11.5 Å². The van der Waals surface area contributed by atoms with E-state index in [0.29, 0.717) is 6.61 Å². The number of nitrogens with one attached hydrogen (secondary N) is 1. The first-order valence-corrected chi connectivity index (χ1v) is 6.16. The summed E-state index contributed by atoms with van der Waals surface area (Å²) < 4.78 is 11.3. The van der Waals surface area contributed by atoms with E-state index in [1.165, 1.54) is 0 Å². The first-order valence-electron chi connectivity index (χ1n) is 6.16. The molecule has 3 rings (SSSR count). The summed E-state index contributed by atoms with van der Waals surface area (Å²) in [5.74, 6) is 1.48. The summed E-state index contributed by atoms with van der Waals surface area (Å²) in [5, 5.41) is 3.21. The Morgan fingerprint density at radius 2 is 2.22 bits per heavy atom. The zero-order chi connectivity index (χ0) is 12.5. The second-order valence-corrected chi connectivity index (χ2v) is 4.58. The molecule has 2 heterocycles. The number of hydrogen-bond acceptors (Lipinski definition) is 6. The molecule has 1 fully saturated rings. The SMILES string of the molecule is NC1CN(c2cccc3c2OC(N)CO3)CCN1. The minimum Gasteiger partial charge on any atom is -0.484 e. The van der Waals surface area contributed by atoms with Crippen molar-refractivity contribution in [2.24, 2.45) is 11.5 Å². The van der Waals surface area contributed by atoms with Crippen molar-refractivity contribution in [1.82, 2.24) is 5.32 Å². The number of anilines is 1. The summed E-state index contributed by atoms with van der Waals surface area (Å²) in [6.45, 7) is 2.88. The van der Waals surface area contributed by atoms with Crippen LogP contribution in [0.2, 0.25) is 0 Å². The van der Waals surface area contributed by atoms with E-state index in [1.807, 2.05) is 18.2 Å². The van der Waals surface area contributed by atoms with Gasteiger partial charge in [0.2, 0.25) is 0 Å². The highest BCUT2D eigenvalue weighted by molar-refractivity contribution is 5.65. The average Bonchev–Trinajstić information content (AvgIpc) is 2.38. The van der Waals surface area contributed by atoms with Crippen molar-refractivity contribution in [2.45, 2.75) is 12.4 Å². The van der Waals surface area contributed by atoms with Crippen LogP contribution in [0.1, 0.15) is 0 Å². The summed E-state index contributed by atoms with van der Waals surface area (Å²) in [5.41, 5.74) is 12.7. The van der Waals surface area contributed by atoms with Gasteiger partial charge in [0.25, 0.3) is 0 Å². The lowest BCUT2D eigenvalue weighted by Gasteiger charge is -2.36. The molecule has 0 radical (unpaired) electrons. The molecular weight excluding hydrogens is 232 g/mol. The van der Waals surface area contributed by atoms with E-state index >= 15 is 0 Å². The maximum absolute atomic E-state index is 5.92. The lowest BCUT2D eigenvalue weighted by Crippen LogP contribution is -2.55. The van der Waals surface area contributed by atoms with Crippen molar-refractivity contribution >= 4 is 5.69 Å². The Bertz CT molecular complexity index is 440. The minimum absolute atomic E-state index is 0.0206. The third kappa shape index (κ3) is 2.10. The van der Waals surface area contributed by atoms with Gasteiger partial charge in [-0.3, -0.25) is 11.1 Å². The Morgan fingerprint density at radius 1 is 1.33 bits per heavy atom. The summed E-state index contributed by atoms with van der Waals surface area (Å²) in [7, 11) is 0. The molecule has 5 N–H and O–H groups in total. The van der Waals surface area contributed by atoms with Crippen LogP contribution in [0.25, 0.3) is 0 Å². The number of nitrogens with two attached hydrogens (primary N) is 2. The molecule has 1 aromatic rings. The molecule has 2 unspecified atom stereocenters. The molecule has 0 saturated carbocycles. The van der Waals surface area contributed by atoms with Crippen LogP contribution in [0.15, 0.2) is 18.2 Å². The van der Waals surface area contributed by atoms with Crippen LogP contribution in [-0.4, -0.2) is 38.6 Å². The van der Waals surface area contributed by atoms with E-state index in [4.69, 9.17) is 20.9 Å². The van der Waals surface area contributed by atoms with Gasteiger partial charge in [-0.25, -0.2) is 0 Å². The van der Waals surface area contributed by atoms with Crippen LogP contribution in [0.4, 0.5) is 5.69 Å². The normalized spacial score (nSPS) is 27.1. The number of nitrogens with zero attached hydrogens (tertiary/aromatic N) is 1. The van der Waals surface area contributed by atoms with E-state index < -0.39 is 6.23 Å². The van der Waals surface area contributed by atoms with Crippen molar-refractivity contribution in [3.05, 3.63) is 18.2 Å². The smallest absolute Gasteiger partial charge is 0.187 e. The summed E-state index contributed by atoms with van der Waals surface area (Å²) in [6.07, 6.45) is -0.428. The number of piperazine rings is 1. The Hall–Kier alpha value is -1.50. The van der Waals surface area contributed by atoms with Gasteiger partial charge in [-0.05, 0) is 12.1 Å². The van der Waals surface area contributed by atoms with Gasteiger partial charge in [-0.15, -0.1) is 0 Å². The maximum atomic E-state index is 5.92. The first-order chi connectivity index (χ1) is 8.74. The van der Waals surface area contributed by atoms with Crippen LogP contribution in [0, 0.1) is 0 Å². The molecule has 2 aliphatic rings. The van der Waals surface area contributed by atoms with Crippen molar-refractivity contribution in [3.8, 4) is 11.5 Å². The van der Waals surface area contributed by atoms with E-state index in [0.717, 1.165) is 36.8 Å². The number of hydrogen-bond donors (Lipinski definition) is 3. The van der Waals surface area contributed by atoms with Crippen LogP contribution in [-0.2, 0) is 0 Å². The molecule has 0 spiro atoms. The Labute approximate surface area is 106 Å². The Kier molecular flexibility index (Phi) is 2.99. The van der Waals surface area contributed by atoms with Gasteiger partial charge in [-0.2, -0.15) is 0 Å². The highest BCUT2D eigenvalue weighted by atomic mass is 16.6. The highest BCUT2D eigenvalue weighted by Crippen LogP contribution is 2.40. The number of fused-ring (bicyclic) bond motifs is 1. The molecule has 0 amide bonds. The van der Waals surface area contributed by atoms with E-state index in [-0.39, 0.29) is 6.17 Å². The fourth-order valence-electron chi connectivity index (χ4n) is 2.34. The quantitative estimate of drug-likeness (QED) is 0.619. The van der Waals surface area contributed by atoms with Crippen molar-refractivity contribution in [3.63, 3.8) is 0 Å². The molecule has 2 aliphatic heterocycles. The number of ether oxygens (including phenoxy) is 2. The van der Waals surface area contributed by atoms with Gasteiger partial charge in [-0.1, -0.05) is 6.07 Å². The standard InChI is InChI=1S/C12H18N4O2/c13-10-6-16(5-4-15-10)8-2-1-3-9-12(8)18-11(14)7-17-9/h1-3,10-11,15H,4-7,13-14H2. The van der Waals surface area contributed by atoms with Gasteiger partial charge in [0.05, 0.1) is 11.9 Å². The van der Waals surface area contributed by atoms with Crippen molar-refractivity contribution in [2.75, 3.05) is 31.1 Å². The van der Waals surface area contributed by atoms with Crippen molar-refractivity contribution in [1.29, 1.82) is 0 Å². The molecule has 0 bridgehead atoms. The minimum atomic E-state index is -0.407. The summed E-state index contributed by atoms with van der Waals surface area (Å²) in [6, 6.07) is 5.87. The van der Waals surface area contributed by atoms with Crippen LogP contribution < -0.4 is 31.2 Å². The van der Waals surface area contributed by atoms with E-state index in [1.54, 1.807) is 0 Å². The van der Waals surface area contributed by atoms with Gasteiger partial charge < -0.3 is 20.1 Å². The highest BCUT2D eigenvalue weighted by Gasteiger charge is 2.25. The third-order valence-corrected chi connectivity index (χ3v) is 3.18. The van der Waals surface area contributed by atoms with Crippen LogP contribution >= 0.6 is 0 Å². The molecular formula is C12H18N4O2. The molecule has 0 aliphatic carbocycles. The van der Waals surface area contributed by atoms with Gasteiger partial charge in [0.15, 0.2) is 17.7 Å². The van der Waals surface area contributed by atoms with Gasteiger partial charge in [0, 0.05) is 19.6 Å². The lowest BCUT2D eigenvalue weighted by molar-refractivity contribution is 0.0962. The molecule has 0 aromatic heterocycles. The lowest BCUT2D eigenvalue weighted by atomic mass is 10.2. The Balaban J connectivity index is 1.92. The molecule has 18 heavy (non-hydrogen) atoms. The monoisotopic (exact) mass is 250 g/mol. The maximum Gasteiger partial charge on any atom is 0.187 e. The zero-order valence-corrected chi connectivity index (χ0v) is 10.1.